The average molecular weight is 348 g/mol. The summed E-state index contributed by atoms with van der Waals surface area (Å²) in [5.74, 6) is 0. The second-order valence-corrected chi connectivity index (χ2v) is 7.21. The molecule has 25 heavy (non-hydrogen) atoms. The van der Waals surface area contributed by atoms with Crippen molar-refractivity contribution >= 4 is 25.9 Å². The van der Waals surface area contributed by atoms with Crippen LogP contribution in [0.2, 0.25) is 0 Å². The molecule has 0 N–H and O–H groups in total. The van der Waals surface area contributed by atoms with Gasteiger partial charge in [-0.2, -0.15) is 0 Å². The van der Waals surface area contributed by atoms with Crippen molar-refractivity contribution < 1.29 is 0 Å². The van der Waals surface area contributed by atoms with E-state index in [4.69, 9.17) is 0 Å². The SMILES string of the molecule is CN(C)c1ccccc1-c1cccc(P)c1-c1ccccc1N(C)C. The van der Waals surface area contributed by atoms with Gasteiger partial charge in [-0.25, -0.2) is 0 Å². The molecule has 0 aliphatic carbocycles. The van der Waals surface area contributed by atoms with Crippen LogP contribution in [-0.4, -0.2) is 28.2 Å². The van der Waals surface area contributed by atoms with Gasteiger partial charge in [0.25, 0.3) is 0 Å². The second-order valence-electron chi connectivity index (χ2n) is 6.59. The Kier molecular flexibility index (Phi) is 5.11. The third-order valence-corrected chi connectivity index (χ3v) is 4.91. The van der Waals surface area contributed by atoms with Gasteiger partial charge in [0.1, 0.15) is 0 Å². The molecule has 0 heterocycles. The normalized spacial score (nSPS) is 10.6. The maximum Gasteiger partial charge on any atom is 0.0441 e. The first-order valence-corrected chi connectivity index (χ1v) is 9.00. The Morgan fingerprint density at radius 2 is 1.04 bits per heavy atom. The molecule has 0 aromatic heterocycles. The molecular formula is C22H25N2P. The lowest BCUT2D eigenvalue weighted by Gasteiger charge is -2.23. The highest BCUT2D eigenvalue weighted by Crippen LogP contribution is 2.39. The quantitative estimate of drug-likeness (QED) is 0.633. The number of nitrogens with zero attached hydrogens (tertiary/aromatic N) is 2. The minimum absolute atomic E-state index is 1.21. The number of hydrogen-bond acceptors (Lipinski definition) is 2. The lowest BCUT2D eigenvalue weighted by atomic mass is 9.92. The molecule has 0 amide bonds. The van der Waals surface area contributed by atoms with Crippen LogP contribution >= 0.6 is 9.24 Å². The van der Waals surface area contributed by atoms with Crippen LogP contribution in [0.5, 0.6) is 0 Å². The van der Waals surface area contributed by atoms with Crippen molar-refractivity contribution in [2.45, 2.75) is 0 Å². The number of anilines is 2. The Morgan fingerprint density at radius 3 is 1.64 bits per heavy atom. The van der Waals surface area contributed by atoms with Crippen LogP contribution in [0.1, 0.15) is 0 Å². The highest BCUT2D eigenvalue weighted by atomic mass is 31.0. The number of rotatable bonds is 4. The van der Waals surface area contributed by atoms with Gasteiger partial charge in [-0.05, 0) is 28.6 Å². The second kappa shape index (κ2) is 7.29. The Hall–Kier alpha value is -2.31. The summed E-state index contributed by atoms with van der Waals surface area (Å²) in [5.41, 5.74) is 7.47. The van der Waals surface area contributed by atoms with E-state index >= 15 is 0 Å². The molecule has 2 nitrogen and oxygen atoms in total. The topological polar surface area (TPSA) is 6.48 Å². The average Bonchev–Trinajstić information content (AvgIpc) is 2.61. The van der Waals surface area contributed by atoms with E-state index in [1.54, 1.807) is 0 Å². The minimum atomic E-state index is 1.21. The Morgan fingerprint density at radius 1 is 0.560 bits per heavy atom. The van der Waals surface area contributed by atoms with Gasteiger partial charge in [-0.1, -0.05) is 54.6 Å². The van der Waals surface area contributed by atoms with Crippen LogP contribution in [0, 0.1) is 0 Å². The molecule has 0 bridgehead atoms. The molecule has 1 unspecified atom stereocenters. The van der Waals surface area contributed by atoms with Crippen LogP contribution in [0.25, 0.3) is 22.3 Å². The molecule has 128 valence electrons. The van der Waals surface area contributed by atoms with Gasteiger partial charge in [0.2, 0.25) is 0 Å². The molecule has 0 radical (unpaired) electrons. The smallest absolute Gasteiger partial charge is 0.0441 e. The Labute approximate surface area is 153 Å². The number of benzene rings is 3. The van der Waals surface area contributed by atoms with Gasteiger partial charge in [0.05, 0.1) is 0 Å². The van der Waals surface area contributed by atoms with E-state index in [1.807, 2.05) is 0 Å². The van der Waals surface area contributed by atoms with Crippen molar-refractivity contribution in [2.24, 2.45) is 0 Å². The largest absolute Gasteiger partial charge is 0.377 e. The predicted molar refractivity (Wildman–Crippen MR) is 115 cm³/mol. The number of para-hydroxylation sites is 2. The minimum Gasteiger partial charge on any atom is -0.377 e. The summed E-state index contributed by atoms with van der Waals surface area (Å²) < 4.78 is 0. The highest BCUT2D eigenvalue weighted by Gasteiger charge is 2.16. The van der Waals surface area contributed by atoms with E-state index in [0.717, 1.165) is 0 Å². The Bertz CT molecular complexity index is 885. The van der Waals surface area contributed by atoms with Gasteiger partial charge in [-0.3, -0.25) is 0 Å². The lowest BCUT2D eigenvalue weighted by molar-refractivity contribution is 1.13. The molecule has 1 atom stereocenters. The fourth-order valence-electron chi connectivity index (χ4n) is 3.26. The summed E-state index contributed by atoms with van der Waals surface area (Å²) in [6.07, 6.45) is 0. The summed E-state index contributed by atoms with van der Waals surface area (Å²) in [7, 11) is 11.3. The van der Waals surface area contributed by atoms with Gasteiger partial charge in [0.15, 0.2) is 0 Å². The zero-order chi connectivity index (χ0) is 18.0. The maximum absolute atomic E-state index is 2.91. The third kappa shape index (κ3) is 3.41. The van der Waals surface area contributed by atoms with Crippen LogP contribution < -0.4 is 15.1 Å². The molecule has 0 aliphatic heterocycles. The molecule has 0 spiro atoms. The van der Waals surface area contributed by atoms with Crippen molar-refractivity contribution in [3.63, 3.8) is 0 Å². The van der Waals surface area contributed by atoms with Crippen LogP contribution in [0.15, 0.2) is 66.7 Å². The zero-order valence-electron chi connectivity index (χ0n) is 15.3. The molecule has 3 rings (SSSR count). The van der Waals surface area contributed by atoms with E-state index < -0.39 is 0 Å². The van der Waals surface area contributed by atoms with Crippen molar-refractivity contribution in [1.29, 1.82) is 0 Å². The van der Waals surface area contributed by atoms with Gasteiger partial charge in [0, 0.05) is 50.7 Å². The van der Waals surface area contributed by atoms with E-state index in [0.29, 0.717) is 0 Å². The first kappa shape index (κ1) is 17.5. The van der Waals surface area contributed by atoms with Crippen molar-refractivity contribution in [3.05, 3.63) is 66.7 Å². The molecule has 0 saturated carbocycles. The first-order valence-electron chi connectivity index (χ1n) is 8.42. The van der Waals surface area contributed by atoms with E-state index in [-0.39, 0.29) is 0 Å². The third-order valence-electron chi connectivity index (χ3n) is 4.43. The molecular weight excluding hydrogens is 323 g/mol. The number of hydrogen-bond donors (Lipinski definition) is 0. The van der Waals surface area contributed by atoms with Crippen molar-refractivity contribution in [1.82, 2.24) is 0 Å². The van der Waals surface area contributed by atoms with Crippen LogP contribution in [0.3, 0.4) is 0 Å². The first-order chi connectivity index (χ1) is 12.0. The molecule has 3 aromatic carbocycles. The van der Waals surface area contributed by atoms with Gasteiger partial charge < -0.3 is 9.80 Å². The lowest BCUT2D eigenvalue weighted by Crippen LogP contribution is -2.13. The summed E-state index contributed by atoms with van der Waals surface area (Å²) in [4.78, 5) is 4.35. The molecule has 0 saturated heterocycles. The van der Waals surface area contributed by atoms with Crippen LogP contribution in [-0.2, 0) is 0 Å². The van der Waals surface area contributed by atoms with Crippen molar-refractivity contribution in [2.75, 3.05) is 38.0 Å². The maximum atomic E-state index is 2.91. The van der Waals surface area contributed by atoms with Crippen LogP contribution in [0.4, 0.5) is 11.4 Å². The van der Waals surface area contributed by atoms with E-state index in [2.05, 4.69) is 114 Å². The predicted octanol–water partition coefficient (Wildman–Crippen LogP) is 4.65. The molecule has 0 fully saturated rings. The van der Waals surface area contributed by atoms with E-state index in [9.17, 15) is 0 Å². The fraction of sp³-hybridized carbons (Fsp3) is 0.182. The summed E-state index contributed by atoms with van der Waals surface area (Å²) in [6, 6.07) is 23.7. The zero-order valence-corrected chi connectivity index (χ0v) is 16.5. The monoisotopic (exact) mass is 348 g/mol. The molecule has 3 aromatic rings. The van der Waals surface area contributed by atoms with Crippen molar-refractivity contribution in [3.8, 4) is 22.3 Å². The Balaban J connectivity index is 2.32. The standard InChI is InChI=1S/C22H25N2P/c1-23(2)19-13-7-5-10-16(19)17-12-9-15-21(25)22(17)18-11-6-8-14-20(18)24(3)4/h5-15H,25H2,1-4H3. The van der Waals surface area contributed by atoms with Gasteiger partial charge >= 0.3 is 0 Å². The molecule has 0 aliphatic rings. The summed E-state index contributed by atoms with van der Waals surface area (Å²) >= 11 is 0. The van der Waals surface area contributed by atoms with E-state index in [1.165, 1.54) is 38.9 Å². The summed E-state index contributed by atoms with van der Waals surface area (Å²) in [6.45, 7) is 0. The fourth-order valence-corrected chi connectivity index (χ4v) is 3.68. The summed E-state index contributed by atoms with van der Waals surface area (Å²) in [5, 5.41) is 1.21. The molecule has 3 heteroatoms. The highest BCUT2D eigenvalue weighted by molar-refractivity contribution is 7.28. The van der Waals surface area contributed by atoms with Gasteiger partial charge in [-0.15, -0.1) is 9.24 Å².